The summed E-state index contributed by atoms with van der Waals surface area (Å²) in [6, 6.07) is 18.1. The van der Waals surface area contributed by atoms with Crippen molar-refractivity contribution in [1.82, 2.24) is 31.1 Å². The number of likely N-dealkylation sites (N-methyl/N-ethyl adjacent to an activating group) is 1. The van der Waals surface area contributed by atoms with Crippen LogP contribution in [-0.4, -0.2) is 108 Å². The van der Waals surface area contributed by atoms with Gasteiger partial charge in [0.2, 0.25) is 29.4 Å². The third-order valence-corrected chi connectivity index (χ3v) is 11.2. The predicted octanol–water partition coefficient (Wildman–Crippen LogP) is 4.72. The van der Waals surface area contributed by atoms with Crippen LogP contribution in [0.1, 0.15) is 96.2 Å². The van der Waals surface area contributed by atoms with Gasteiger partial charge in [-0.05, 0) is 67.9 Å². The second kappa shape index (κ2) is 21.8. The van der Waals surface area contributed by atoms with E-state index in [1.807, 2.05) is 42.5 Å². The number of nitrogens with one attached hydrogen (secondary N) is 4. The number of alkyl carbamates (subject to hydrolysis) is 1. The van der Waals surface area contributed by atoms with E-state index in [1.54, 1.807) is 72.1 Å². The smallest absolute Gasteiger partial charge is 0.408 e. The number of carbonyl (C=O) groups is 7. The minimum Gasteiger partial charge on any atom is -0.444 e. The SMILES string of the molecule is CCCC(NC(=O)C1CC(OCc2cccc3ccccc23)CN1C(=O)C(NC(=O)OC(C)(C)C)C1CCCCC1)C(=O)C(=O)NCC(=O)NC(C(=O)N(C)C)c1ccccc1. The first-order valence-corrected chi connectivity index (χ1v) is 21.6. The van der Waals surface area contributed by atoms with Crippen molar-refractivity contribution in [3.8, 4) is 0 Å². The van der Waals surface area contributed by atoms with Gasteiger partial charge in [0, 0.05) is 27.1 Å². The van der Waals surface area contributed by atoms with Crippen molar-refractivity contribution in [2.45, 2.75) is 122 Å². The number of ketones is 1. The second-order valence-electron chi connectivity index (χ2n) is 17.4. The highest BCUT2D eigenvalue weighted by molar-refractivity contribution is 6.38. The number of ether oxygens (including phenoxy) is 2. The molecule has 1 aliphatic heterocycles. The Balaban J connectivity index is 1.32. The molecule has 2 fully saturated rings. The lowest BCUT2D eigenvalue weighted by atomic mass is 9.83. The van der Waals surface area contributed by atoms with Crippen LogP contribution in [0.3, 0.4) is 0 Å². The molecular weight excluding hydrogens is 793 g/mol. The first-order valence-electron chi connectivity index (χ1n) is 21.6. The Morgan fingerprint density at radius 2 is 1.52 bits per heavy atom. The number of carbonyl (C=O) groups excluding carboxylic acids is 7. The molecule has 1 aliphatic carbocycles. The molecule has 0 spiro atoms. The van der Waals surface area contributed by atoms with Crippen molar-refractivity contribution < 1.29 is 43.0 Å². The lowest BCUT2D eigenvalue weighted by molar-refractivity contribution is -0.143. The van der Waals surface area contributed by atoms with E-state index in [9.17, 15) is 33.6 Å². The summed E-state index contributed by atoms with van der Waals surface area (Å²) in [5.74, 6) is -4.45. The van der Waals surface area contributed by atoms with Crippen molar-refractivity contribution >= 4 is 52.2 Å². The van der Waals surface area contributed by atoms with Gasteiger partial charge in [-0.3, -0.25) is 28.8 Å². The Hall–Kier alpha value is -5.83. The van der Waals surface area contributed by atoms with Gasteiger partial charge in [0.1, 0.15) is 23.7 Å². The van der Waals surface area contributed by atoms with Gasteiger partial charge in [-0.15, -0.1) is 0 Å². The molecule has 5 unspecified atom stereocenters. The highest BCUT2D eigenvalue weighted by Gasteiger charge is 2.45. The normalized spacial score (nSPS) is 18.2. The fourth-order valence-electron chi connectivity index (χ4n) is 8.13. The van der Waals surface area contributed by atoms with E-state index in [2.05, 4.69) is 21.3 Å². The minimum atomic E-state index is -1.27. The average molecular weight is 855 g/mol. The van der Waals surface area contributed by atoms with Crippen LogP contribution in [0.25, 0.3) is 10.8 Å². The minimum absolute atomic E-state index is 0.0448. The Morgan fingerprint density at radius 1 is 0.839 bits per heavy atom. The summed E-state index contributed by atoms with van der Waals surface area (Å²) < 4.78 is 12.0. The van der Waals surface area contributed by atoms with Crippen LogP contribution in [0.2, 0.25) is 0 Å². The van der Waals surface area contributed by atoms with Crippen molar-refractivity contribution in [1.29, 1.82) is 0 Å². The third-order valence-electron chi connectivity index (χ3n) is 11.2. The molecule has 2 aliphatic rings. The molecule has 3 aromatic carbocycles. The van der Waals surface area contributed by atoms with Crippen molar-refractivity contribution in [3.05, 3.63) is 83.9 Å². The molecule has 4 N–H and O–H groups in total. The zero-order valence-electron chi connectivity index (χ0n) is 36.7. The van der Waals surface area contributed by atoms with E-state index in [0.29, 0.717) is 24.8 Å². The molecular formula is C47H62N6O9. The van der Waals surface area contributed by atoms with Crippen LogP contribution in [0.4, 0.5) is 4.79 Å². The molecule has 0 aromatic heterocycles. The predicted molar refractivity (Wildman–Crippen MR) is 233 cm³/mol. The van der Waals surface area contributed by atoms with E-state index in [1.165, 1.54) is 9.80 Å². The summed E-state index contributed by atoms with van der Waals surface area (Å²) in [5.41, 5.74) is 0.667. The van der Waals surface area contributed by atoms with Gasteiger partial charge in [-0.25, -0.2) is 4.79 Å². The number of hydrogen-bond donors (Lipinski definition) is 4. The zero-order valence-corrected chi connectivity index (χ0v) is 36.7. The van der Waals surface area contributed by atoms with Gasteiger partial charge in [-0.1, -0.05) is 105 Å². The molecule has 1 saturated heterocycles. The standard InChI is InChI=1S/C47H62N6O9/c1-7-17-36(41(55)43(57)48-27-38(54)50-39(44(58)52(5)6)31-19-10-8-11-20-31)49-42(56)37-26-34(61-29-33-24-16-23-30-18-14-15-25-35(30)33)28-53(37)45(59)40(32-21-12-9-13-22-32)51-46(60)62-47(2,3)4/h8,10-11,14-16,18-20,23-25,32,34,36-37,39-40H,7,9,12-13,17,21-22,26-29H2,1-6H3,(H,48,57)(H,49,56)(H,50,54)(H,51,60). The van der Waals surface area contributed by atoms with E-state index >= 15 is 0 Å². The third kappa shape index (κ3) is 12.8. The maximum absolute atomic E-state index is 14.7. The number of fused-ring (bicyclic) bond motifs is 1. The molecule has 15 nitrogen and oxygen atoms in total. The highest BCUT2D eigenvalue weighted by atomic mass is 16.6. The Kier molecular flexibility index (Phi) is 16.6. The van der Waals surface area contributed by atoms with E-state index in [-0.39, 0.29) is 37.8 Å². The average Bonchev–Trinajstić information content (AvgIpc) is 3.69. The molecule has 0 bridgehead atoms. The highest BCUT2D eigenvalue weighted by Crippen LogP contribution is 2.31. The van der Waals surface area contributed by atoms with Crippen molar-refractivity contribution in [2.75, 3.05) is 27.2 Å². The molecule has 5 atom stereocenters. The quantitative estimate of drug-likeness (QED) is 0.139. The summed E-state index contributed by atoms with van der Waals surface area (Å²) in [6.07, 6.45) is 3.50. The fraction of sp³-hybridized carbons (Fsp3) is 0.511. The number of likely N-dealkylation sites (tertiary alicyclic amines) is 1. The summed E-state index contributed by atoms with van der Waals surface area (Å²) in [6.45, 7) is 6.66. The maximum Gasteiger partial charge on any atom is 0.408 e. The number of benzene rings is 3. The molecule has 5 rings (SSSR count). The largest absolute Gasteiger partial charge is 0.444 e. The Morgan fingerprint density at radius 3 is 2.19 bits per heavy atom. The van der Waals surface area contributed by atoms with Crippen LogP contribution in [0, 0.1) is 5.92 Å². The van der Waals surface area contributed by atoms with E-state index < -0.39 is 77.9 Å². The topological polar surface area (TPSA) is 193 Å². The number of amides is 6. The van der Waals surface area contributed by atoms with Gasteiger partial charge >= 0.3 is 6.09 Å². The van der Waals surface area contributed by atoms with Crippen molar-refractivity contribution in [2.24, 2.45) is 5.92 Å². The second-order valence-corrected chi connectivity index (χ2v) is 17.4. The van der Waals surface area contributed by atoms with Gasteiger partial charge < -0.3 is 40.5 Å². The molecule has 6 amide bonds. The fourth-order valence-corrected chi connectivity index (χ4v) is 8.13. The molecule has 1 saturated carbocycles. The lowest BCUT2D eigenvalue weighted by Crippen LogP contribution is -2.58. The zero-order chi connectivity index (χ0) is 45.0. The molecule has 0 radical (unpaired) electrons. The summed E-state index contributed by atoms with van der Waals surface area (Å²) >= 11 is 0. The van der Waals surface area contributed by atoms with Crippen LogP contribution in [0.15, 0.2) is 72.8 Å². The number of hydrogen-bond acceptors (Lipinski definition) is 9. The van der Waals surface area contributed by atoms with E-state index in [4.69, 9.17) is 9.47 Å². The molecule has 3 aromatic rings. The monoisotopic (exact) mass is 854 g/mol. The first-order chi connectivity index (χ1) is 29.6. The molecule has 62 heavy (non-hydrogen) atoms. The van der Waals surface area contributed by atoms with Gasteiger partial charge in [-0.2, -0.15) is 0 Å². The van der Waals surface area contributed by atoms with Crippen LogP contribution in [0.5, 0.6) is 0 Å². The summed E-state index contributed by atoms with van der Waals surface area (Å²) in [5, 5.41) is 12.6. The number of Topliss-reactive ketones (excluding diaryl/α,β-unsaturated/α-hetero) is 1. The summed E-state index contributed by atoms with van der Waals surface area (Å²) in [4.78, 5) is 97.9. The van der Waals surface area contributed by atoms with Crippen LogP contribution in [-0.2, 0) is 44.8 Å². The van der Waals surface area contributed by atoms with Gasteiger partial charge in [0.25, 0.3) is 5.91 Å². The van der Waals surface area contributed by atoms with Crippen LogP contribution >= 0.6 is 0 Å². The molecule has 334 valence electrons. The Bertz CT molecular complexity index is 2060. The first kappa shape index (κ1) is 47.2. The summed E-state index contributed by atoms with van der Waals surface area (Å²) in [7, 11) is 3.12. The maximum atomic E-state index is 14.7. The molecule has 15 heteroatoms. The van der Waals surface area contributed by atoms with Crippen LogP contribution < -0.4 is 21.3 Å². The van der Waals surface area contributed by atoms with Crippen molar-refractivity contribution in [3.63, 3.8) is 0 Å². The van der Waals surface area contributed by atoms with E-state index in [0.717, 1.165) is 35.6 Å². The number of nitrogens with zero attached hydrogens (tertiary/aromatic N) is 2. The Labute approximate surface area is 364 Å². The lowest BCUT2D eigenvalue weighted by Gasteiger charge is -2.35. The van der Waals surface area contributed by atoms with Gasteiger partial charge in [0.05, 0.1) is 25.3 Å². The van der Waals surface area contributed by atoms with Gasteiger partial charge in [0.15, 0.2) is 0 Å². The number of rotatable bonds is 17. The molecule has 1 heterocycles.